The molecule has 92 valence electrons. The van der Waals surface area contributed by atoms with Gasteiger partial charge in [0.05, 0.1) is 0 Å². The highest BCUT2D eigenvalue weighted by atomic mass is 15.2. The predicted octanol–water partition coefficient (Wildman–Crippen LogP) is 2.23. The van der Waals surface area contributed by atoms with Crippen LogP contribution in [-0.2, 0) is 0 Å². The molecule has 5 atom stereocenters. The summed E-state index contributed by atoms with van der Waals surface area (Å²) < 4.78 is 0. The van der Waals surface area contributed by atoms with Crippen LogP contribution in [0.25, 0.3) is 0 Å². The van der Waals surface area contributed by atoms with E-state index in [-0.39, 0.29) is 0 Å². The molecule has 2 heteroatoms. The molecule has 2 nitrogen and oxygen atoms in total. The maximum Gasteiger partial charge on any atom is 0.00987 e. The van der Waals surface area contributed by atoms with Gasteiger partial charge in [-0.15, -0.1) is 0 Å². The molecule has 0 amide bonds. The monoisotopic (exact) mass is 222 g/mol. The molecule has 0 radical (unpaired) electrons. The lowest BCUT2D eigenvalue weighted by Crippen LogP contribution is -2.45. The third-order valence-electron chi connectivity index (χ3n) is 5.30. The molecule has 0 spiro atoms. The molecule has 0 aromatic heterocycles. The van der Waals surface area contributed by atoms with E-state index in [1.54, 1.807) is 0 Å². The molecule has 3 fully saturated rings. The smallest absolute Gasteiger partial charge is 0.00987 e. The number of piperidine rings is 1. The number of fused-ring (bicyclic) bond motifs is 2. The Morgan fingerprint density at radius 2 is 2.00 bits per heavy atom. The second-order valence-corrected chi connectivity index (χ2v) is 6.63. The van der Waals surface area contributed by atoms with Crippen molar-refractivity contribution in [2.75, 3.05) is 13.1 Å². The van der Waals surface area contributed by atoms with Crippen molar-refractivity contribution in [3.8, 4) is 0 Å². The van der Waals surface area contributed by atoms with Gasteiger partial charge in [-0.1, -0.05) is 6.92 Å². The quantitative estimate of drug-likeness (QED) is 0.776. The topological polar surface area (TPSA) is 29.3 Å². The van der Waals surface area contributed by atoms with Crippen molar-refractivity contribution in [1.29, 1.82) is 0 Å². The van der Waals surface area contributed by atoms with E-state index in [1.807, 2.05) is 0 Å². The Morgan fingerprint density at radius 3 is 2.69 bits per heavy atom. The molecule has 3 aliphatic rings. The largest absolute Gasteiger partial charge is 0.327 e. The third kappa shape index (κ3) is 2.02. The minimum absolute atomic E-state index is 0.482. The number of hydrogen-bond acceptors (Lipinski definition) is 2. The van der Waals surface area contributed by atoms with Crippen molar-refractivity contribution >= 4 is 0 Å². The van der Waals surface area contributed by atoms with Gasteiger partial charge in [0.15, 0.2) is 0 Å². The van der Waals surface area contributed by atoms with E-state index in [4.69, 9.17) is 5.73 Å². The average Bonchev–Trinajstić information content (AvgIpc) is 2.85. The first-order valence-electron chi connectivity index (χ1n) is 7.22. The minimum Gasteiger partial charge on any atom is -0.327 e. The Kier molecular flexibility index (Phi) is 2.97. The van der Waals surface area contributed by atoms with E-state index in [1.165, 1.54) is 51.6 Å². The highest BCUT2D eigenvalue weighted by molar-refractivity contribution is 4.94. The summed E-state index contributed by atoms with van der Waals surface area (Å²) in [4.78, 5) is 2.76. The Labute approximate surface area is 99.6 Å². The maximum atomic E-state index is 6.29. The highest BCUT2D eigenvalue weighted by Gasteiger charge is 2.39. The Bertz CT molecular complexity index is 253. The van der Waals surface area contributed by atoms with Gasteiger partial charge in [0, 0.05) is 25.2 Å². The van der Waals surface area contributed by atoms with Crippen LogP contribution in [0.5, 0.6) is 0 Å². The second-order valence-electron chi connectivity index (χ2n) is 6.63. The third-order valence-corrected chi connectivity index (χ3v) is 5.30. The number of nitrogens with two attached hydrogens (primary N) is 1. The number of likely N-dealkylation sites (tertiary alicyclic amines) is 1. The molecule has 5 unspecified atom stereocenters. The normalized spacial score (nSPS) is 48.8. The molecule has 3 rings (SSSR count). The Morgan fingerprint density at radius 1 is 1.12 bits per heavy atom. The summed E-state index contributed by atoms with van der Waals surface area (Å²) in [5, 5.41) is 0. The van der Waals surface area contributed by atoms with Crippen LogP contribution in [0, 0.1) is 17.8 Å². The van der Waals surface area contributed by atoms with E-state index >= 15 is 0 Å². The van der Waals surface area contributed by atoms with Crippen molar-refractivity contribution in [3.63, 3.8) is 0 Å². The van der Waals surface area contributed by atoms with Gasteiger partial charge in [-0.2, -0.15) is 0 Å². The van der Waals surface area contributed by atoms with E-state index in [0.29, 0.717) is 6.04 Å². The van der Waals surface area contributed by atoms with Gasteiger partial charge in [0.2, 0.25) is 0 Å². The fraction of sp³-hybridized carbons (Fsp3) is 1.00. The van der Waals surface area contributed by atoms with Crippen molar-refractivity contribution in [3.05, 3.63) is 0 Å². The first-order valence-corrected chi connectivity index (χ1v) is 7.22. The van der Waals surface area contributed by atoms with Gasteiger partial charge >= 0.3 is 0 Å². The zero-order valence-electron chi connectivity index (χ0n) is 10.6. The molecule has 1 saturated heterocycles. The van der Waals surface area contributed by atoms with Gasteiger partial charge in [-0.3, -0.25) is 4.90 Å². The Hall–Kier alpha value is -0.0800. The molecule has 0 aromatic carbocycles. The molecule has 2 aliphatic carbocycles. The van der Waals surface area contributed by atoms with E-state index in [9.17, 15) is 0 Å². The number of hydrogen-bond donors (Lipinski definition) is 1. The highest BCUT2D eigenvalue weighted by Crippen LogP contribution is 2.39. The summed E-state index contributed by atoms with van der Waals surface area (Å²) in [5.41, 5.74) is 6.29. The lowest BCUT2D eigenvalue weighted by Gasteiger charge is -2.37. The standard InChI is InChI=1S/C14H26N2/c1-10-2-5-14(15)12(6-10)9-16-8-11-3-4-13(16)7-11/h10-14H,2-9,15H2,1H3. The predicted molar refractivity (Wildman–Crippen MR) is 67.2 cm³/mol. The van der Waals surface area contributed by atoms with Crippen LogP contribution >= 0.6 is 0 Å². The minimum atomic E-state index is 0.482. The van der Waals surface area contributed by atoms with Crippen LogP contribution in [0.3, 0.4) is 0 Å². The lowest BCUT2D eigenvalue weighted by molar-refractivity contribution is 0.135. The van der Waals surface area contributed by atoms with E-state index < -0.39 is 0 Å². The first-order chi connectivity index (χ1) is 7.72. The molecule has 0 aromatic rings. The first kappa shape index (κ1) is 11.0. The van der Waals surface area contributed by atoms with Crippen molar-refractivity contribution in [2.24, 2.45) is 23.5 Å². The van der Waals surface area contributed by atoms with Gasteiger partial charge in [-0.25, -0.2) is 0 Å². The molecule has 2 saturated carbocycles. The average molecular weight is 222 g/mol. The van der Waals surface area contributed by atoms with Crippen LogP contribution in [0.15, 0.2) is 0 Å². The van der Waals surface area contributed by atoms with Crippen LogP contribution in [0.1, 0.15) is 45.4 Å². The fourth-order valence-electron chi connectivity index (χ4n) is 4.28. The lowest BCUT2D eigenvalue weighted by atomic mass is 9.79. The molecule has 1 aliphatic heterocycles. The van der Waals surface area contributed by atoms with Gasteiger partial charge < -0.3 is 5.73 Å². The summed E-state index contributed by atoms with van der Waals surface area (Å²) in [6, 6.07) is 1.41. The summed E-state index contributed by atoms with van der Waals surface area (Å²) in [5.74, 6) is 2.72. The number of rotatable bonds is 2. The van der Waals surface area contributed by atoms with E-state index in [2.05, 4.69) is 11.8 Å². The molecule has 2 N–H and O–H groups in total. The molecular weight excluding hydrogens is 196 g/mol. The molecule has 1 heterocycles. The molecular formula is C14H26N2. The van der Waals surface area contributed by atoms with Crippen LogP contribution in [-0.4, -0.2) is 30.1 Å². The molecule has 16 heavy (non-hydrogen) atoms. The van der Waals surface area contributed by atoms with Crippen molar-refractivity contribution < 1.29 is 0 Å². The van der Waals surface area contributed by atoms with Crippen LogP contribution < -0.4 is 5.73 Å². The fourth-order valence-corrected chi connectivity index (χ4v) is 4.28. The van der Waals surface area contributed by atoms with Gasteiger partial charge in [0.1, 0.15) is 0 Å². The second kappa shape index (κ2) is 4.30. The summed E-state index contributed by atoms with van der Waals surface area (Å²) in [7, 11) is 0. The van der Waals surface area contributed by atoms with Gasteiger partial charge in [0.25, 0.3) is 0 Å². The van der Waals surface area contributed by atoms with Crippen molar-refractivity contribution in [1.82, 2.24) is 4.90 Å². The molecule has 2 bridgehead atoms. The van der Waals surface area contributed by atoms with Crippen molar-refractivity contribution in [2.45, 2.75) is 57.5 Å². The number of nitrogens with zero attached hydrogens (tertiary/aromatic N) is 1. The summed E-state index contributed by atoms with van der Waals surface area (Å²) in [6.07, 6.45) is 8.42. The maximum absolute atomic E-state index is 6.29. The zero-order valence-corrected chi connectivity index (χ0v) is 10.6. The SMILES string of the molecule is CC1CCC(N)C(CN2CC3CCC2C3)C1. The zero-order chi connectivity index (χ0) is 11.1. The van der Waals surface area contributed by atoms with Gasteiger partial charge in [-0.05, 0) is 56.3 Å². The van der Waals surface area contributed by atoms with Crippen LogP contribution in [0.2, 0.25) is 0 Å². The summed E-state index contributed by atoms with van der Waals surface area (Å²) >= 11 is 0. The van der Waals surface area contributed by atoms with E-state index in [0.717, 1.165) is 23.8 Å². The summed E-state index contributed by atoms with van der Waals surface area (Å²) in [6.45, 7) is 5.07. The van der Waals surface area contributed by atoms with Crippen LogP contribution in [0.4, 0.5) is 0 Å². The Balaban J connectivity index is 1.57.